The highest BCUT2D eigenvalue weighted by atomic mass is 32.2. The number of rotatable bonds is 9. The topological polar surface area (TPSA) is 113 Å². The molecular weight excluding hydrogens is 466 g/mol. The molecule has 35 heavy (non-hydrogen) atoms. The van der Waals surface area contributed by atoms with Crippen molar-refractivity contribution in [1.82, 2.24) is 25.3 Å². The summed E-state index contributed by atoms with van der Waals surface area (Å²) in [6.45, 7) is 13.5. The van der Waals surface area contributed by atoms with Crippen molar-refractivity contribution in [2.75, 3.05) is 19.3 Å². The van der Waals surface area contributed by atoms with E-state index in [1.807, 2.05) is 20.8 Å². The maximum atomic E-state index is 12.8. The van der Waals surface area contributed by atoms with Gasteiger partial charge in [0.25, 0.3) is 5.91 Å². The molecule has 1 heterocycles. The average Bonchev–Trinajstić information content (AvgIpc) is 3.14. The lowest BCUT2D eigenvalue weighted by atomic mass is 9.81. The molecule has 1 aromatic heterocycles. The first-order valence-electron chi connectivity index (χ1n) is 12.6. The summed E-state index contributed by atoms with van der Waals surface area (Å²) in [5, 5.41) is 9.64. The first-order valence-corrected chi connectivity index (χ1v) is 14.3. The highest BCUT2D eigenvalue weighted by molar-refractivity contribution is 7.91. The number of carbonyl (C=O) groups excluding carboxylic acids is 2. The maximum absolute atomic E-state index is 12.8. The summed E-state index contributed by atoms with van der Waals surface area (Å²) in [7, 11) is 0.514. The summed E-state index contributed by atoms with van der Waals surface area (Å²) in [4.78, 5) is 27.7. The van der Waals surface area contributed by atoms with Crippen LogP contribution in [0.5, 0.6) is 0 Å². The summed E-state index contributed by atoms with van der Waals surface area (Å²) in [5.74, 6) is -0.806. The van der Waals surface area contributed by atoms with Gasteiger partial charge in [0.1, 0.15) is 5.69 Å². The van der Waals surface area contributed by atoms with Gasteiger partial charge in [0.05, 0.1) is 23.2 Å². The van der Waals surface area contributed by atoms with E-state index in [1.165, 1.54) is 4.68 Å². The van der Waals surface area contributed by atoms with Crippen LogP contribution in [0.4, 0.5) is 0 Å². The maximum Gasteiger partial charge on any atom is 0.269 e. The molecule has 1 aliphatic carbocycles. The SMILES string of the molecule is CC(C)N(C)[C@@H]1CC[C@H](NC(=O)CNC(=O)c2cc(C(C)(C)C)nn2C)[C@@H](CS(=O)(=O)C(C)C)C1. The van der Waals surface area contributed by atoms with E-state index in [0.717, 1.165) is 12.1 Å². The monoisotopic (exact) mass is 511 g/mol. The number of hydrogen-bond acceptors (Lipinski definition) is 6. The van der Waals surface area contributed by atoms with Crippen LogP contribution in [0.25, 0.3) is 0 Å². The Kier molecular flexibility index (Phi) is 9.55. The fourth-order valence-corrected chi connectivity index (χ4v) is 5.80. The molecule has 10 heteroatoms. The molecule has 9 nitrogen and oxygen atoms in total. The van der Waals surface area contributed by atoms with Gasteiger partial charge in [-0.3, -0.25) is 14.3 Å². The normalized spacial score (nSPS) is 21.5. The molecule has 0 unspecified atom stereocenters. The third-order valence-corrected chi connectivity index (χ3v) is 9.48. The van der Waals surface area contributed by atoms with Crippen molar-refractivity contribution >= 4 is 21.7 Å². The standard InChI is InChI=1S/C25H45N5O4S/c1-16(2)29(8)19-10-11-20(18(12-19)15-35(33,34)17(3)4)27-23(31)14-26-24(32)21-13-22(25(5,6)7)28-30(21)9/h13,16-20H,10-12,14-15H2,1-9H3,(H,26,32)(H,27,31)/t18-,19-,20+/m1/s1. The largest absolute Gasteiger partial charge is 0.352 e. The van der Waals surface area contributed by atoms with E-state index < -0.39 is 15.1 Å². The molecule has 3 atom stereocenters. The Labute approximate surface area is 211 Å². The second kappa shape index (κ2) is 11.4. The van der Waals surface area contributed by atoms with Gasteiger partial charge in [0, 0.05) is 30.6 Å². The second-order valence-corrected chi connectivity index (χ2v) is 14.1. The van der Waals surface area contributed by atoms with Crippen molar-refractivity contribution in [3.8, 4) is 0 Å². The Hall–Kier alpha value is -1.94. The number of carbonyl (C=O) groups is 2. The predicted octanol–water partition coefficient (Wildman–Crippen LogP) is 2.26. The van der Waals surface area contributed by atoms with Crippen LogP contribution >= 0.6 is 0 Å². The Morgan fingerprint density at radius 2 is 1.83 bits per heavy atom. The molecule has 0 aromatic carbocycles. The zero-order chi connectivity index (χ0) is 26.7. The minimum absolute atomic E-state index is 0.0506. The van der Waals surface area contributed by atoms with Crippen molar-refractivity contribution in [3.05, 3.63) is 17.5 Å². The second-order valence-electron chi connectivity index (χ2n) is 11.5. The van der Waals surface area contributed by atoms with Gasteiger partial charge in [-0.1, -0.05) is 20.8 Å². The third kappa shape index (κ3) is 7.77. The van der Waals surface area contributed by atoms with Crippen molar-refractivity contribution in [1.29, 1.82) is 0 Å². The van der Waals surface area contributed by atoms with Gasteiger partial charge in [0.2, 0.25) is 5.91 Å². The van der Waals surface area contributed by atoms with Crippen LogP contribution < -0.4 is 10.6 Å². The van der Waals surface area contributed by atoms with Gasteiger partial charge >= 0.3 is 0 Å². The van der Waals surface area contributed by atoms with E-state index in [1.54, 1.807) is 27.0 Å². The molecule has 2 N–H and O–H groups in total. The summed E-state index contributed by atoms with van der Waals surface area (Å²) in [6, 6.07) is 2.13. The molecule has 0 radical (unpaired) electrons. The Balaban J connectivity index is 2.05. The molecule has 1 fully saturated rings. The fourth-order valence-electron chi connectivity index (χ4n) is 4.45. The van der Waals surface area contributed by atoms with Gasteiger partial charge in [-0.2, -0.15) is 5.10 Å². The third-order valence-electron chi connectivity index (χ3n) is 7.15. The van der Waals surface area contributed by atoms with Crippen molar-refractivity contribution in [2.24, 2.45) is 13.0 Å². The van der Waals surface area contributed by atoms with E-state index in [0.29, 0.717) is 24.6 Å². The lowest BCUT2D eigenvalue weighted by Gasteiger charge is -2.41. The highest BCUT2D eigenvalue weighted by Gasteiger charge is 2.37. The van der Waals surface area contributed by atoms with Gasteiger partial charge in [-0.25, -0.2) is 8.42 Å². The van der Waals surface area contributed by atoms with Crippen LogP contribution in [-0.2, 0) is 27.1 Å². The number of hydrogen-bond donors (Lipinski definition) is 2. The summed E-state index contributed by atoms with van der Waals surface area (Å²) in [6.07, 6.45) is 2.30. The van der Waals surface area contributed by atoms with E-state index in [2.05, 4.69) is 41.5 Å². The van der Waals surface area contributed by atoms with Crippen LogP contribution in [-0.4, -0.2) is 77.6 Å². The number of amides is 2. The Morgan fingerprint density at radius 1 is 1.20 bits per heavy atom. The number of nitrogens with zero attached hydrogens (tertiary/aromatic N) is 3. The molecule has 0 bridgehead atoms. The number of sulfone groups is 1. The zero-order valence-corrected chi connectivity index (χ0v) is 23.7. The number of nitrogens with one attached hydrogen (secondary N) is 2. The smallest absolute Gasteiger partial charge is 0.269 e. The highest BCUT2D eigenvalue weighted by Crippen LogP contribution is 2.30. The van der Waals surface area contributed by atoms with Crippen LogP contribution in [0, 0.1) is 5.92 Å². The lowest BCUT2D eigenvalue weighted by molar-refractivity contribution is -0.121. The molecular formula is C25H45N5O4S. The summed E-state index contributed by atoms with van der Waals surface area (Å²) in [5.41, 5.74) is 0.995. The summed E-state index contributed by atoms with van der Waals surface area (Å²) >= 11 is 0. The van der Waals surface area contributed by atoms with E-state index in [4.69, 9.17) is 0 Å². The van der Waals surface area contributed by atoms with Crippen LogP contribution in [0.15, 0.2) is 6.07 Å². The summed E-state index contributed by atoms with van der Waals surface area (Å²) < 4.78 is 27.0. The number of aryl methyl sites for hydroxylation is 1. The molecule has 1 saturated carbocycles. The van der Waals surface area contributed by atoms with E-state index in [9.17, 15) is 18.0 Å². The lowest BCUT2D eigenvalue weighted by Crippen LogP contribution is -2.52. The van der Waals surface area contributed by atoms with Gasteiger partial charge < -0.3 is 15.5 Å². The van der Waals surface area contributed by atoms with Gasteiger partial charge in [0.15, 0.2) is 9.84 Å². The molecule has 0 spiro atoms. The molecule has 0 saturated heterocycles. The van der Waals surface area contributed by atoms with Crippen LogP contribution in [0.1, 0.15) is 83.9 Å². The quantitative estimate of drug-likeness (QED) is 0.526. The van der Waals surface area contributed by atoms with Crippen LogP contribution in [0.2, 0.25) is 0 Å². The average molecular weight is 512 g/mol. The van der Waals surface area contributed by atoms with E-state index >= 15 is 0 Å². The van der Waals surface area contributed by atoms with Crippen molar-refractivity contribution in [2.45, 2.75) is 96.5 Å². The molecule has 1 aliphatic rings. The Morgan fingerprint density at radius 3 is 2.34 bits per heavy atom. The number of aromatic nitrogens is 2. The molecule has 200 valence electrons. The fraction of sp³-hybridized carbons (Fsp3) is 0.800. The molecule has 0 aliphatic heterocycles. The van der Waals surface area contributed by atoms with Gasteiger partial charge in [-0.15, -0.1) is 0 Å². The van der Waals surface area contributed by atoms with E-state index in [-0.39, 0.29) is 47.5 Å². The molecule has 2 amide bonds. The first kappa shape index (κ1) is 29.3. The van der Waals surface area contributed by atoms with Gasteiger partial charge in [-0.05, 0) is 66.0 Å². The molecule has 1 aromatic rings. The minimum atomic E-state index is -3.26. The zero-order valence-electron chi connectivity index (χ0n) is 22.9. The van der Waals surface area contributed by atoms with Crippen molar-refractivity contribution in [3.63, 3.8) is 0 Å². The first-order chi connectivity index (χ1) is 16.0. The minimum Gasteiger partial charge on any atom is -0.352 e. The Bertz CT molecular complexity index is 994. The van der Waals surface area contributed by atoms with Crippen molar-refractivity contribution < 1.29 is 18.0 Å². The van der Waals surface area contributed by atoms with Crippen LogP contribution in [0.3, 0.4) is 0 Å². The molecule has 2 rings (SSSR count). The predicted molar refractivity (Wildman–Crippen MR) is 139 cm³/mol.